The molecule has 1 atom stereocenters. The van der Waals surface area contributed by atoms with Crippen molar-refractivity contribution in [2.45, 2.75) is 31.8 Å². The van der Waals surface area contributed by atoms with Crippen LogP contribution in [0.3, 0.4) is 0 Å². The highest BCUT2D eigenvalue weighted by Crippen LogP contribution is 2.29. The minimum Gasteiger partial charge on any atom is -0.481 e. The monoisotopic (exact) mass is 381 g/mol. The van der Waals surface area contributed by atoms with Gasteiger partial charge in [0, 0.05) is 6.54 Å². The Balaban J connectivity index is 2.23. The van der Waals surface area contributed by atoms with E-state index in [9.17, 15) is 22.8 Å². The summed E-state index contributed by atoms with van der Waals surface area (Å²) in [5, 5.41) is 8.87. The largest absolute Gasteiger partial charge is 0.481 e. The Morgan fingerprint density at radius 3 is 1.96 bits per heavy atom. The Hall–Kier alpha value is -3.03. The van der Waals surface area contributed by atoms with Gasteiger partial charge in [0.2, 0.25) is 0 Å². The SMILES string of the molecule is O=C(O)CC(N(Cc1ccccc1)C(=O)OCc1ccccc1)C(F)(F)F. The lowest BCUT2D eigenvalue weighted by molar-refractivity contribution is -0.187. The molecule has 1 amide bonds. The molecule has 0 aromatic heterocycles. The van der Waals surface area contributed by atoms with E-state index < -0.39 is 37.2 Å². The number of amides is 1. The number of carboxylic acid groups (broad SMARTS) is 1. The van der Waals surface area contributed by atoms with Crippen molar-refractivity contribution in [2.24, 2.45) is 0 Å². The molecule has 0 heterocycles. The number of hydrogen-bond donors (Lipinski definition) is 1. The fraction of sp³-hybridized carbons (Fsp3) is 0.263. The third kappa shape index (κ3) is 6.32. The summed E-state index contributed by atoms with van der Waals surface area (Å²) in [4.78, 5) is 23.7. The van der Waals surface area contributed by atoms with Crippen molar-refractivity contribution in [3.05, 3.63) is 71.8 Å². The van der Waals surface area contributed by atoms with Gasteiger partial charge in [-0.25, -0.2) is 4.79 Å². The number of hydrogen-bond acceptors (Lipinski definition) is 3. The molecule has 0 spiro atoms. The topological polar surface area (TPSA) is 66.8 Å². The second kappa shape index (κ2) is 9.07. The number of alkyl halides is 3. The normalized spacial score (nSPS) is 12.3. The van der Waals surface area contributed by atoms with Crippen LogP contribution in [0.2, 0.25) is 0 Å². The number of halogens is 3. The number of nitrogens with zero attached hydrogens (tertiary/aromatic N) is 1. The molecule has 1 N–H and O–H groups in total. The van der Waals surface area contributed by atoms with Gasteiger partial charge in [-0.1, -0.05) is 60.7 Å². The van der Waals surface area contributed by atoms with E-state index in [1.165, 1.54) is 0 Å². The maximum atomic E-state index is 13.4. The molecule has 1 unspecified atom stereocenters. The quantitative estimate of drug-likeness (QED) is 0.779. The Morgan fingerprint density at radius 1 is 0.963 bits per heavy atom. The summed E-state index contributed by atoms with van der Waals surface area (Å²) in [5.74, 6) is -1.66. The zero-order valence-corrected chi connectivity index (χ0v) is 14.2. The molecular weight excluding hydrogens is 363 g/mol. The molecule has 5 nitrogen and oxygen atoms in total. The highest BCUT2D eigenvalue weighted by Gasteiger charge is 2.47. The second-order valence-electron chi connectivity index (χ2n) is 5.81. The summed E-state index contributed by atoms with van der Waals surface area (Å²) in [5.41, 5.74) is 1.03. The van der Waals surface area contributed by atoms with Crippen LogP contribution in [0.4, 0.5) is 18.0 Å². The number of ether oxygens (including phenoxy) is 1. The van der Waals surface area contributed by atoms with Crippen molar-refractivity contribution >= 4 is 12.1 Å². The molecule has 0 aliphatic rings. The van der Waals surface area contributed by atoms with Gasteiger partial charge in [-0.2, -0.15) is 13.2 Å². The maximum absolute atomic E-state index is 13.4. The Kier molecular flexibility index (Phi) is 6.81. The van der Waals surface area contributed by atoms with E-state index in [-0.39, 0.29) is 6.61 Å². The molecule has 144 valence electrons. The van der Waals surface area contributed by atoms with Crippen LogP contribution < -0.4 is 0 Å². The summed E-state index contributed by atoms with van der Waals surface area (Å²) in [6.07, 6.45) is -7.42. The lowest BCUT2D eigenvalue weighted by atomic mass is 10.1. The van der Waals surface area contributed by atoms with Crippen molar-refractivity contribution in [1.82, 2.24) is 4.90 Å². The molecular formula is C19H18F3NO4. The molecule has 0 aliphatic carbocycles. The first-order valence-electron chi connectivity index (χ1n) is 8.07. The molecule has 0 saturated heterocycles. The Morgan fingerprint density at radius 2 is 1.48 bits per heavy atom. The molecule has 8 heteroatoms. The van der Waals surface area contributed by atoms with Crippen LogP contribution in [0.15, 0.2) is 60.7 Å². The highest BCUT2D eigenvalue weighted by atomic mass is 19.4. The minimum atomic E-state index is -4.92. The van der Waals surface area contributed by atoms with Crippen molar-refractivity contribution in [3.8, 4) is 0 Å². The molecule has 0 fully saturated rings. The number of carboxylic acids is 1. The van der Waals surface area contributed by atoms with E-state index >= 15 is 0 Å². The fourth-order valence-corrected chi connectivity index (χ4v) is 2.45. The van der Waals surface area contributed by atoms with Crippen LogP contribution in [0.5, 0.6) is 0 Å². The van der Waals surface area contributed by atoms with Crippen molar-refractivity contribution in [3.63, 3.8) is 0 Å². The van der Waals surface area contributed by atoms with Gasteiger partial charge >= 0.3 is 18.2 Å². The number of carbonyl (C=O) groups is 2. The minimum absolute atomic E-state index is 0.220. The molecule has 2 aromatic rings. The van der Waals surface area contributed by atoms with Crippen LogP contribution in [0, 0.1) is 0 Å². The van der Waals surface area contributed by atoms with E-state index in [4.69, 9.17) is 9.84 Å². The molecule has 27 heavy (non-hydrogen) atoms. The zero-order valence-electron chi connectivity index (χ0n) is 14.2. The molecule has 0 aliphatic heterocycles. The smallest absolute Gasteiger partial charge is 0.410 e. The van der Waals surface area contributed by atoms with E-state index in [1.54, 1.807) is 60.7 Å². The predicted molar refractivity (Wildman–Crippen MR) is 90.7 cm³/mol. The first kappa shape index (κ1) is 20.3. The highest BCUT2D eigenvalue weighted by molar-refractivity contribution is 5.72. The summed E-state index contributed by atoms with van der Waals surface area (Å²) in [7, 11) is 0. The second-order valence-corrected chi connectivity index (χ2v) is 5.81. The van der Waals surface area contributed by atoms with E-state index in [0.717, 1.165) is 0 Å². The number of carbonyl (C=O) groups excluding carboxylic acids is 1. The molecule has 2 aromatic carbocycles. The molecule has 0 saturated carbocycles. The van der Waals surface area contributed by atoms with E-state index in [2.05, 4.69) is 0 Å². The van der Waals surface area contributed by atoms with Crippen LogP contribution >= 0.6 is 0 Å². The standard InChI is InChI=1S/C19H18F3NO4/c20-19(21,22)16(11-17(24)25)23(12-14-7-3-1-4-8-14)18(26)27-13-15-9-5-2-6-10-15/h1-10,16H,11-13H2,(H,24,25). The third-order valence-electron chi connectivity index (χ3n) is 3.76. The van der Waals surface area contributed by atoms with Gasteiger partial charge in [-0.3, -0.25) is 9.69 Å². The van der Waals surface area contributed by atoms with E-state index in [1.807, 2.05) is 0 Å². The van der Waals surface area contributed by atoms with E-state index in [0.29, 0.717) is 16.0 Å². The first-order chi connectivity index (χ1) is 12.8. The van der Waals surface area contributed by atoms with Crippen LogP contribution in [-0.4, -0.2) is 34.3 Å². The van der Waals surface area contributed by atoms with Crippen LogP contribution in [0.1, 0.15) is 17.5 Å². The molecule has 0 radical (unpaired) electrons. The third-order valence-corrected chi connectivity index (χ3v) is 3.76. The van der Waals surface area contributed by atoms with Gasteiger partial charge in [0.1, 0.15) is 12.6 Å². The van der Waals surface area contributed by atoms with Gasteiger partial charge in [-0.15, -0.1) is 0 Å². The molecule has 2 rings (SSSR count). The lowest BCUT2D eigenvalue weighted by Crippen LogP contribution is -2.49. The van der Waals surface area contributed by atoms with Crippen LogP contribution in [0.25, 0.3) is 0 Å². The number of aliphatic carboxylic acids is 1. The van der Waals surface area contributed by atoms with Gasteiger partial charge in [0.25, 0.3) is 0 Å². The van der Waals surface area contributed by atoms with Crippen LogP contribution in [-0.2, 0) is 22.7 Å². The number of rotatable bonds is 7. The van der Waals surface area contributed by atoms with Gasteiger partial charge in [0.05, 0.1) is 6.42 Å². The Bertz CT molecular complexity index is 751. The summed E-state index contributed by atoms with van der Waals surface area (Å²) < 4.78 is 45.3. The summed E-state index contributed by atoms with van der Waals surface area (Å²) in [6.45, 7) is -0.644. The average Bonchev–Trinajstić information content (AvgIpc) is 2.63. The lowest BCUT2D eigenvalue weighted by Gasteiger charge is -2.31. The van der Waals surface area contributed by atoms with Crippen molar-refractivity contribution < 1.29 is 32.6 Å². The fourth-order valence-electron chi connectivity index (χ4n) is 2.45. The van der Waals surface area contributed by atoms with Crippen molar-refractivity contribution in [2.75, 3.05) is 0 Å². The number of benzene rings is 2. The summed E-state index contributed by atoms with van der Waals surface area (Å²) in [6, 6.07) is 14.0. The zero-order chi connectivity index (χ0) is 19.9. The Labute approximate surface area is 154 Å². The van der Waals surface area contributed by atoms with Crippen molar-refractivity contribution in [1.29, 1.82) is 0 Å². The average molecular weight is 381 g/mol. The van der Waals surface area contributed by atoms with Gasteiger partial charge in [0.15, 0.2) is 0 Å². The maximum Gasteiger partial charge on any atom is 0.410 e. The van der Waals surface area contributed by atoms with Gasteiger partial charge in [-0.05, 0) is 11.1 Å². The first-order valence-corrected chi connectivity index (χ1v) is 8.07. The van der Waals surface area contributed by atoms with Gasteiger partial charge < -0.3 is 9.84 Å². The summed E-state index contributed by atoms with van der Waals surface area (Å²) >= 11 is 0. The predicted octanol–water partition coefficient (Wildman–Crippen LogP) is 4.23. The molecule has 0 bridgehead atoms.